The smallest absolute Gasteiger partial charge is 0.419 e. The van der Waals surface area contributed by atoms with E-state index in [2.05, 4.69) is 5.10 Å². The van der Waals surface area contributed by atoms with Crippen LogP contribution in [0.4, 0.5) is 13.2 Å². The summed E-state index contributed by atoms with van der Waals surface area (Å²) in [5.74, 6) is 0.731. The highest BCUT2D eigenvalue weighted by molar-refractivity contribution is 5.45. The first kappa shape index (κ1) is 16.2. The molecule has 2 rings (SSSR count). The average molecular weight is 316 g/mol. The molecule has 0 saturated carbocycles. The zero-order chi connectivity index (χ0) is 16.5. The number of aromatic nitrogens is 2. The highest BCUT2D eigenvalue weighted by atomic mass is 19.4. The minimum absolute atomic E-state index is 0.242. The number of aliphatic hydroxyl groups excluding tert-OH is 1. The Kier molecular flexibility index (Phi) is 4.32. The van der Waals surface area contributed by atoms with E-state index in [-0.39, 0.29) is 11.3 Å². The lowest BCUT2D eigenvalue weighted by Crippen LogP contribution is -2.14. The van der Waals surface area contributed by atoms with Crippen LogP contribution in [0, 0.1) is 0 Å². The van der Waals surface area contributed by atoms with E-state index in [0.717, 1.165) is 4.68 Å². The molecule has 0 amide bonds. The first-order valence-corrected chi connectivity index (χ1v) is 6.28. The second-order valence-electron chi connectivity index (χ2n) is 4.58. The number of rotatable bonds is 4. The van der Waals surface area contributed by atoms with Crippen molar-refractivity contribution in [1.82, 2.24) is 9.78 Å². The standard InChI is InChI=1S/C14H15F3N2O3/c1-19-12(9(7-18-19)14(15,16)17)13(20)8-4-5-10(21-2)11(6-8)22-3/h4-7,13,20H,1-3H3. The molecule has 1 aromatic carbocycles. The number of methoxy groups -OCH3 is 2. The molecule has 1 unspecified atom stereocenters. The summed E-state index contributed by atoms with van der Waals surface area (Å²) in [4.78, 5) is 0. The van der Waals surface area contributed by atoms with Gasteiger partial charge < -0.3 is 14.6 Å². The van der Waals surface area contributed by atoms with Gasteiger partial charge in [0, 0.05) is 7.05 Å². The molecule has 0 spiro atoms. The second-order valence-corrected chi connectivity index (χ2v) is 4.58. The van der Waals surface area contributed by atoms with Gasteiger partial charge in [0.25, 0.3) is 0 Å². The Hall–Kier alpha value is -2.22. The lowest BCUT2D eigenvalue weighted by atomic mass is 10.0. The first-order valence-electron chi connectivity index (χ1n) is 6.28. The fraction of sp³-hybridized carbons (Fsp3) is 0.357. The normalized spacial score (nSPS) is 13.0. The van der Waals surface area contributed by atoms with Gasteiger partial charge in [0.05, 0.1) is 31.7 Å². The Balaban J connectivity index is 2.49. The van der Waals surface area contributed by atoms with Gasteiger partial charge >= 0.3 is 6.18 Å². The van der Waals surface area contributed by atoms with Crippen LogP contribution in [0.15, 0.2) is 24.4 Å². The van der Waals surface area contributed by atoms with E-state index in [4.69, 9.17) is 9.47 Å². The molecule has 0 aliphatic heterocycles. The van der Waals surface area contributed by atoms with Crippen LogP contribution in [0.2, 0.25) is 0 Å². The number of hydrogen-bond donors (Lipinski definition) is 1. The van der Waals surface area contributed by atoms with Crippen molar-refractivity contribution in [3.05, 3.63) is 41.2 Å². The molecule has 0 saturated heterocycles. The van der Waals surface area contributed by atoms with Gasteiger partial charge in [0.1, 0.15) is 6.10 Å². The third kappa shape index (κ3) is 2.87. The quantitative estimate of drug-likeness (QED) is 0.942. The summed E-state index contributed by atoms with van der Waals surface area (Å²) in [5.41, 5.74) is -1.07. The minimum atomic E-state index is -4.60. The third-order valence-corrected chi connectivity index (χ3v) is 3.27. The lowest BCUT2D eigenvalue weighted by molar-refractivity contribution is -0.139. The predicted octanol–water partition coefficient (Wildman–Crippen LogP) is 2.54. The Morgan fingerprint density at radius 3 is 2.36 bits per heavy atom. The Bertz CT molecular complexity index is 668. The maximum absolute atomic E-state index is 13.0. The van der Waals surface area contributed by atoms with Crippen molar-refractivity contribution in [2.24, 2.45) is 7.05 Å². The van der Waals surface area contributed by atoms with E-state index in [1.54, 1.807) is 0 Å². The SMILES string of the molecule is COc1ccc(C(O)c2c(C(F)(F)F)cnn2C)cc1OC. The van der Waals surface area contributed by atoms with E-state index >= 15 is 0 Å². The van der Waals surface area contributed by atoms with Crippen LogP contribution in [0.3, 0.4) is 0 Å². The predicted molar refractivity (Wildman–Crippen MR) is 71.8 cm³/mol. The monoisotopic (exact) mass is 316 g/mol. The molecule has 5 nitrogen and oxygen atoms in total. The molecule has 120 valence electrons. The van der Waals surface area contributed by atoms with Gasteiger partial charge in [0.2, 0.25) is 0 Å². The fourth-order valence-corrected chi connectivity index (χ4v) is 2.17. The molecule has 22 heavy (non-hydrogen) atoms. The Morgan fingerprint density at radius 2 is 1.82 bits per heavy atom. The van der Waals surface area contributed by atoms with Crippen molar-refractivity contribution in [3.8, 4) is 11.5 Å². The zero-order valence-corrected chi connectivity index (χ0v) is 12.2. The summed E-state index contributed by atoms with van der Waals surface area (Å²) in [7, 11) is 4.19. The van der Waals surface area contributed by atoms with Gasteiger partial charge in [-0.1, -0.05) is 6.07 Å². The van der Waals surface area contributed by atoms with Crippen LogP contribution in [0.25, 0.3) is 0 Å². The number of benzene rings is 1. The molecular formula is C14H15F3N2O3. The van der Waals surface area contributed by atoms with Crippen molar-refractivity contribution in [2.75, 3.05) is 14.2 Å². The van der Waals surface area contributed by atoms with Crippen molar-refractivity contribution in [2.45, 2.75) is 12.3 Å². The fourth-order valence-electron chi connectivity index (χ4n) is 2.17. The van der Waals surface area contributed by atoms with Gasteiger partial charge in [-0.25, -0.2) is 0 Å². The Morgan fingerprint density at radius 1 is 1.18 bits per heavy atom. The lowest BCUT2D eigenvalue weighted by Gasteiger charge is -2.17. The van der Waals surface area contributed by atoms with Gasteiger partial charge in [0.15, 0.2) is 11.5 Å². The Labute approximate surface area is 124 Å². The highest BCUT2D eigenvalue weighted by Crippen LogP contribution is 2.38. The summed E-state index contributed by atoms with van der Waals surface area (Å²) in [6.07, 6.45) is -5.40. The number of alkyl halides is 3. The molecule has 0 aliphatic rings. The van der Waals surface area contributed by atoms with Crippen LogP contribution >= 0.6 is 0 Å². The number of hydrogen-bond acceptors (Lipinski definition) is 4. The van der Waals surface area contributed by atoms with Crippen LogP contribution < -0.4 is 9.47 Å². The molecule has 0 radical (unpaired) electrons. The van der Waals surface area contributed by atoms with Crippen LogP contribution in [-0.4, -0.2) is 29.1 Å². The van der Waals surface area contributed by atoms with Crippen molar-refractivity contribution in [1.29, 1.82) is 0 Å². The van der Waals surface area contributed by atoms with Crippen molar-refractivity contribution < 1.29 is 27.8 Å². The summed E-state index contributed by atoms with van der Waals surface area (Å²) in [6, 6.07) is 4.41. The topological polar surface area (TPSA) is 56.5 Å². The number of ether oxygens (including phenoxy) is 2. The molecule has 0 aliphatic carbocycles. The van der Waals surface area contributed by atoms with Crippen molar-refractivity contribution >= 4 is 0 Å². The van der Waals surface area contributed by atoms with E-state index in [9.17, 15) is 18.3 Å². The highest BCUT2D eigenvalue weighted by Gasteiger charge is 2.38. The molecule has 8 heteroatoms. The second kappa shape index (κ2) is 5.88. The van der Waals surface area contributed by atoms with Crippen LogP contribution in [0.1, 0.15) is 22.9 Å². The molecule has 2 aromatic rings. The van der Waals surface area contributed by atoms with Crippen LogP contribution in [0.5, 0.6) is 11.5 Å². The first-order chi connectivity index (χ1) is 10.3. The van der Waals surface area contributed by atoms with Crippen molar-refractivity contribution in [3.63, 3.8) is 0 Å². The van der Waals surface area contributed by atoms with Crippen LogP contribution in [-0.2, 0) is 13.2 Å². The summed E-state index contributed by atoms with van der Waals surface area (Å²) in [5, 5.41) is 13.9. The zero-order valence-electron chi connectivity index (χ0n) is 12.2. The third-order valence-electron chi connectivity index (χ3n) is 3.27. The van der Waals surface area contributed by atoms with Gasteiger partial charge in [-0.3, -0.25) is 4.68 Å². The summed E-state index contributed by atoms with van der Waals surface area (Å²) < 4.78 is 50.1. The average Bonchev–Trinajstić information content (AvgIpc) is 2.87. The number of nitrogens with zero attached hydrogens (tertiary/aromatic N) is 2. The van der Waals surface area contributed by atoms with Gasteiger partial charge in [-0.2, -0.15) is 18.3 Å². The van der Waals surface area contributed by atoms with Gasteiger partial charge in [-0.05, 0) is 17.7 Å². The van der Waals surface area contributed by atoms with E-state index in [1.165, 1.54) is 39.5 Å². The number of aliphatic hydroxyl groups is 1. The molecular weight excluding hydrogens is 301 g/mol. The number of halogens is 3. The van der Waals surface area contributed by atoms with E-state index < -0.39 is 17.8 Å². The molecule has 0 fully saturated rings. The van der Waals surface area contributed by atoms with E-state index in [1.807, 2.05) is 0 Å². The molecule has 1 heterocycles. The number of aryl methyl sites for hydroxylation is 1. The molecule has 1 N–H and O–H groups in total. The van der Waals surface area contributed by atoms with E-state index in [0.29, 0.717) is 17.7 Å². The maximum atomic E-state index is 13.0. The molecule has 0 bridgehead atoms. The van der Waals surface area contributed by atoms with Gasteiger partial charge in [-0.15, -0.1) is 0 Å². The largest absolute Gasteiger partial charge is 0.493 e. The summed E-state index contributed by atoms with van der Waals surface area (Å²) >= 11 is 0. The molecule has 1 atom stereocenters. The minimum Gasteiger partial charge on any atom is -0.493 e. The summed E-state index contributed by atoms with van der Waals surface area (Å²) in [6.45, 7) is 0. The molecule has 1 aromatic heterocycles. The maximum Gasteiger partial charge on any atom is 0.419 e.